The second-order valence-corrected chi connectivity index (χ2v) is 4.17. The fourth-order valence-corrected chi connectivity index (χ4v) is 1.57. The van der Waals surface area contributed by atoms with Gasteiger partial charge in [-0.25, -0.2) is 8.78 Å². The summed E-state index contributed by atoms with van der Waals surface area (Å²) in [6.45, 7) is 1.41. The third-order valence-corrected chi connectivity index (χ3v) is 2.30. The Morgan fingerprint density at radius 1 is 1.17 bits per heavy atom. The quantitative estimate of drug-likeness (QED) is 0.673. The molecule has 0 aliphatic rings. The molecule has 0 unspecified atom stereocenters. The number of benzene rings is 1. The molecule has 0 saturated heterocycles. The SMILES string of the molecule is CC(C)N(CC(F)(F)F)c1c(F)cc(N)cc1F. The number of nitrogen functional groups attached to an aromatic ring is 1. The Morgan fingerprint density at radius 3 is 1.94 bits per heavy atom. The van der Waals surface area contributed by atoms with Crippen molar-refractivity contribution in [2.45, 2.75) is 26.1 Å². The van der Waals surface area contributed by atoms with Gasteiger partial charge in [-0.2, -0.15) is 13.2 Å². The summed E-state index contributed by atoms with van der Waals surface area (Å²) >= 11 is 0. The first kappa shape index (κ1) is 14.5. The zero-order chi connectivity index (χ0) is 14.1. The predicted octanol–water partition coefficient (Wildman–Crippen LogP) is 3.32. The highest BCUT2D eigenvalue weighted by Crippen LogP contribution is 2.30. The van der Waals surface area contributed by atoms with Gasteiger partial charge in [0.15, 0.2) is 11.6 Å². The topological polar surface area (TPSA) is 29.3 Å². The van der Waals surface area contributed by atoms with Crippen molar-refractivity contribution >= 4 is 11.4 Å². The zero-order valence-electron chi connectivity index (χ0n) is 9.85. The van der Waals surface area contributed by atoms with E-state index in [9.17, 15) is 22.0 Å². The minimum atomic E-state index is -4.55. The van der Waals surface area contributed by atoms with E-state index in [-0.39, 0.29) is 5.69 Å². The maximum Gasteiger partial charge on any atom is 0.405 e. The van der Waals surface area contributed by atoms with Crippen LogP contribution in [-0.2, 0) is 0 Å². The van der Waals surface area contributed by atoms with Crippen LogP contribution in [0.15, 0.2) is 12.1 Å². The summed E-state index contributed by atoms with van der Waals surface area (Å²) in [5.41, 5.74) is 4.32. The molecule has 0 aliphatic carbocycles. The van der Waals surface area contributed by atoms with Crippen molar-refractivity contribution in [2.75, 3.05) is 17.2 Å². The van der Waals surface area contributed by atoms with Crippen LogP contribution in [0, 0.1) is 11.6 Å². The van der Waals surface area contributed by atoms with Gasteiger partial charge >= 0.3 is 6.18 Å². The van der Waals surface area contributed by atoms with Crippen molar-refractivity contribution in [3.63, 3.8) is 0 Å². The third-order valence-electron chi connectivity index (χ3n) is 2.30. The molecule has 1 rings (SSSR count). The van der Waals surface area contributed by atoms with E-state index in [0.717, 1.165) is 12.1 Å². The van der Waals surface area contributed by atoms with Crippen molar-refractivity contribution in [2.24, 2.45) is 0 Å². The van der Waals surface area contributed by atoms with Crippen molar-refractivity contribution in [3.8, 4) is 0 Å². The van der Waals surface area contributed by atoms with Crippen molar-refractivity contribution in [3.05, 3.63) is 23.8 Å². The van der Waals surface area contributed by atoms with E-state index < -0.39 is 36.1 Å². The van der Waals surface area contributed by atoms with E-state index in [2.05, 4.69) is 0 Å². The van der Waals surface area contributed by atoms with Crippen molar-refractivity contribution in [1.29, 1.82) is 0 Å². The third kappa shape index (κ3) is 3.48. The molecule has 102 valence electrons. The minimum absolute atomic E-state index is 0.176. The highest BCUT2D eigenvalue weighted by atomic mass is 19.4. The number of nitrogens with two attached hydrogens (primary N) is 1. The van der Waals surface area contributed by atoms with E-state index in [1.54, 1.807) is 0 Å². The monoisotopic (exact) mass is 268 g/mol. The lowest BCUT2D eigenvalue weighted by Gasteiger charge is -2.30. The molecule has 1 aromatic carbocycles. The molecule has 2 N–H and O–H groups in total. The van der Waals surface area contributed by atoms with Gasteiger partial charge in [0.1, 0.15) is 12.2 Å². The van der Waals surface area contributed by atoms with E-state index in [1.165, 1.54) is 13.8 Å². The molecule has 0 saturated carbocycles. The lowest BCUT2D eigenvalue weighted by atomic mass is 10.2. The molecule has 0 amide bonds. The van der Waals surface area contributed by atoms with Gasteiger partial charge in [-0.05, 0) is 26.0 Å². The molecule has 18 heavy (non-hydrogen) atoms. The fourth-order valence-electron chi connectivity index (χ4n) is 1.57. The van der Waals surface area contributed by atoms with Gasteiger partial charge in [0.25, 0.3) is 0 Å². The molecule has 0 atom stereocenters. The number of alkyl halides is 3. The Bertz CT molecular complexity index is 405. The van der Waals surface area contributed by atoms with E-state index in [1.807, 2.05) is 0 Å². The average Bonchev–Trinajstić information content (AvgIpc) is 2.12. The molecule has 0 aliphatic heterocycles. The fraction of sp³-hybridized carbons (Fsp3) is 0.455. The number of nitrogens with zero attached hydrogens (tertiary/aromatic N) is 1. The first-order chi connectivity index (χ1) is 8.11. The van der Waals surface area contributed by atoms with Crippen LogP contribution in [0.2, 0.25) is 0 Å². The molecule has 0 fully saturated rings. The molecule has 7 heteroatoms. The van der Waals surface area contributed by atoms with Crippen molar-refractivity contribution < 1.29 is 22.0 Å². The lowest BCUT2D eigenvalue weighted by molar-refractivity contribution is -0.120. The maximum absolute atomic E-state index is 13.6. The van der Waals surface area contributed by atoms with Gasteiger partial charge < -0.3 is 10.6 Å². The van der Waals surface area contributed by atoms with Gasteiger partial charge in [0, 0.05) is 11.7 Å². The summed E-state index contributed by atoms with van der Waals surface area (Å²) in [5.74, 6) is -2.21. The smallest absolute Gasteiger partial charge is 0.399 e. The summed E-state index contributed by atoms with van der Waals surface area (Å²) in [6, 6.07) is 0.883. The molecule has 2 nitrogen and oxygen atoms in total. The lowest BCUT2D eigenvalue weighted by Crippen LogP contribution is -2.40. The van der Waals surface area contributed by atoms with Crippen LogP contribution in [-0.4, -0.2) is 18.8 Å². The Morgan fingerprint density at radius 2 is 1.61 bits per heavy atom. The summed E-state index contributed by atoms with van der Waals surface area (Å²) in [4.78, 5) is 0.615. The van der Waals surface area contributed by atoms with Gasteiger partial charge in [-0.15, -0.1) is 0 Å². The first-order valence-corrected chi connectivity index (χ1v) is 5.19. The Kier molecular flexibility index (Phi) is 4.03. The van der Waals surface area contributed by atoms with E-state index in [4.69, 9.17) is 5.73 Å². The molecule has 0 heterocycles. The van der Waals surface area contributed by atoms with Gasteiger partial charge in [-0.1, -0.05) is 0 Å². The van der Waals surface area contributed by atoms with Gasteiger partial charge in [-0.3, -0.25) is 0 Å². The standard InChI is InChI=1S/C11H13F5N2/c1-6(2)18(5-11(14,15)16)10-8(12)3-7(17)4-9(10)13/h3-4,6H,5,17H2,1-2H3. The summed E-state index contributed by atoms with van der Waals surface area (Å²) in [7, 11) is 0. The largest absolute Gasteiger partial charge is 0.405 e. The van der Waals surface area contributed by atoms with Crippen LogP contribution in [0.3, 0.4) is 0 Å². The maximum atomic E-state index is 13.6. The summed E-state index contributed by atoms with van der Waals surface area (Å²) in [6.07, 6.45) is -4.55. The molecule has 0 radical (unpaired) electrons. The highest BCUT2D eigenvalue weighted by molar-refractivity contribution is 5.56. The number of hydrogen-bond donors (Lipinski definition) is 1. The molecular weight excluding hydrogens is 255 g/mol. The second kappa shape index (κ2) is 4.99. The molecule has 1 aromatic rings. The highest BCUT2D eigenvalue weighted by Gasteiger charge is 2.34. The molecule has 0 spiro atoms. The Balaban J connectivity index is 3.22. The van der Waals surface area contributed by atoms with Crippen LogP contribution < -0.4 is 10.6 Å². The van der Waals surface area contributed by atoms with Crippen LogP contribution in [0.4, 0.5) is 33.3 Å². The summed E-state index contributed by atoms with van der Waals surface area (Å²) < 4.78 is 64.3. The normalized spacial score (nSPS) is 12.0. The number of rotatable bonds is 3. The number of hydrogen-bond acceptors (Lipinski definition) is 2. The molecular formula is C11H13F5N2. The number of halogens is 5. The summed E-state index contributed by atoms with van der Waals surface area (Å²) in [5, 5.41) is 0. The van der Waals surface area contributed by atoms with Crippen molar-refractivity contribution in [1.82, 2.24) is 0 Å². The number of anilines is 2. The average molecular weight is 268 g/mol. The Hall–Kier alpha value is -1.53. The van der Waals surface area contributed by atoms with Gasteiger partial charge in [0.2, 0.25) is 0 Å². The Labute approximate surface area is 101 Å². The van der Waals surface area contributed by atoms with Crippen LogP contribution in [0.1, 0.15) is 13.8 Å². The van der Waals surface area contributed by atoms with Crippen LogP contribution in [0.5, 0.6) is 0 Å². The van der Waals surface area contributed by atoms with Crippen LogP contribution in [0.25, 0.3) is 0 Å². The van der Waals surface area contributed by atoms with Crippen LogP contribution >= 0.6 is 0 Å². The van der Waals surface area contributed by atoms with E-state index in [0.29, 0.717) is 4.90 Å². The van der Waals surface area contributed by atoms with E-state index >= 15 is 0 Å². The van der Waals surface area contributed by atoms with Gasteiger partial charge in [0.05, 0.1) is 0 Å². The second-order valence-electron chi connectivity index (χ2n) is 4.17. The first-order valence-electron chi connectivity index (χ1n) is 5.19. The zero-order valence-corrected chi connectivity index (χ0v) is 9.85. The molecule has 0 bridgehead atoms. The predicted molar refractivity (Wildman–Crippen MR) is 59.3 cm³/mol. The molecule has 0 aromatic heterocycles. The minimum Gasteiger partial charge on any atom is -0.399 e.